The highest BCUT2D eigenvalue weighted by atomic mass is 35.5. The lowest BCUT2D eigenvalue weighted by Gasteiger charge is -2.12. The average Bonchev–Trinajstić information content (AvgIpc) is 2.49. The fourth-order valence-corrected chi connectivity index (χ4v) is 3.12. The maximum atomic E-state index is 12.1. The number of nitro groups is 1. The van der Waals surface area contributed by atoms with E-state index in [9.17, 15) is 19.6 Å². The molecular weight excluding hydrogens is 329 g/mol. The highest BCUT2D eigenvalue weighted by Gasteiger charge is 2.29. The van der Waals surface area contributed by atoms with Gasteiger partial charge in [-0.2, -0.15) is 0 Å². The molecule has 8 heteroatoms. The third kappa shape index (κ3) is 3.65. The number of rotatable bonds is 5. The lowest BCUT2D eigenvalue weighted by atomic mass is 10.3. The van der Waals surface area contributed by atoms with Gasteiger partial charge in [0.15, 0.2) is 0 Å². The minimum Gasteiger partial charge on any atom is -0.457 e. The van der Waals surface area contributed by atoms with Crippen molar-refractivity contribution >= 4 is 30.0 Å². The Hall–Kier alpha value is -1.88. The van der Waals surface area contributed by atoms with Gasteiger partial charge >= 0.3 is 0 Å². The average molecular weight is 342 g/mol. The Labute approximate surface area is 131 Å². The van der Waals surface area contributed by atoms with E-state index >= 15 is 0 Å². The van der Waals surface area contributed by atoms with Crippen molar-refractivity contribution in [1.29, 1.82) is 0 Å². The normalized spacial score (nSPS) is 13.4. The van der Waals surface area contributed by atoms with Gasteiger partial charge in [0.05, 0.1) is 4.92 Å². The Balaban J connectivity index is 2.42. The highest BCUT2D eigenvalue weighted by molar-refractivity contribution is 7.66. The number of ether oxygens (including phenoxy) is 1. The predicted octanol–water partition coefficient (Wildman–Crippen LogP) is 3.96. The van der Waals surface area contributed by atoms with Crippen LogP contribution in [-0.4, -0.2) is 16.0 Å². The summed E-state index contributed by atoms with van der Waals surface area (Å²) in [4.78, 5) is 20.3. The molecule has 0 aliphatic rings. The smallest absolute Gasteiger partial charge is 0.282 e. The Morgan fingerprint density at radius 2 is 1.82 bits per heavy atom. The van der Waals surface area contributed by atoms with Crippen LogP contribution in [0.15, 0.2) is 42.5 Å². The van der Waals surface area contributed by atoms with Crippen molar-refractivity contribution in [3.05, 3.63) is 57.6 Å². The molecule has 2 aromatic carbocycles. The van der Waals surface area contributed by atoms with Gasteiger partial charge < -0.3 is 9.63 Å². The standard InChI is InChI=1S/C14H13ClNO5P/c1-2-22(19,20)14-9-12(7-8-13(14)16(17)18)21-11-5-3-10(15)4-6-11/h3-9H,2H2,1H3,(H,19,20). The summed E-state index contributed by atoms with van der Waals surface area (Å²) in [7, 11) is -3.80. The van der Waals surface area contributed by atoms with Crippen molar-refractivity contribution in [2.24, 2.45) is 0 Å². The molecule has 0 aliphatic carbocycles. The van der Waals surface area contributed by atoms with Crippen LogP contribution in [0.5, 0.6) is 11.5 Å². The molecule has 2 aromatic rings. The van der Waals surface area contributed by atoms with E-state index in [1.54, 1.807) is 24.3 Å². The first-order chi connectivity index (χ1) is 10.3. The molecule has 2 rings (SSSR count). The first-order valence-corrected chi connectivity index (χ1v) is 8.60. The topological polar surface area (TPSA) is 89.7 Å². The van der Waals surface area contributed by atoms with Gasteiger partial charge in [0.2, 0.25) is 7.37 Å². The molecule has 0 aliphatic heterocycles. The zero-order valence-electron chi connectivity index (χ0n) is 11.6. The fourth-order valence-electron chi connectivity index (χ4n) is 1.81. The van der Waals surface area contributed by atoms with Crippen LogP contribution in [0, 0.1) is 10.1 Å². The van der Waals surface area contributed by atoms with E-state index in [1.807, 2.05) is 0 Å². The molecular formula is C14H13ClNO5P. The molecule has 1 atom stereocenters. The summed E-state index contributed by atoms with van der Waals surface area (Å²) < 4.78 is 17.7. The maximum Gasteiger partial charge on any atom is 0.282 e. The minimum atomic E-state index is -3.80. The van der Waals surface area contributed by atoms with Crippen molar-refractivity contribution in [3.8, 4) is 11.5 Å². The van der Waals surface area contributed by atoms with E-state index in [-0.39, 0.29) is 17.2 Å². The van der Waals surface area contributed by atoms with Gasteiger partial charge in [-0.15, -0.1) is 0 Å². The summed E-state index contributed by atoms with van der Waals surface area (Å²) in [6.45, 7) is 1.50. The zero-order chi connectivity index (χ0) is 16.3. The molecule has 0 amide bonds. The molecule has 6 nitrogen and oxygen atoms in total. The zero-order valence-corrected chi connectivity index (χ0v) is 13.3. The lowest BCUT2D eigenvalue weighted by Crippen LogP contribution is -2.12. The van der Waals surface area contributed by atoms with Crippen molar-refractivity contribution in [2.45, 2.75) is 6.92 Å². The third-order valence-corrected chi connectivity index (χ3v) is 5.22. The fraction of sp³-hybridized carbons (Fsp3) is 0.143. The Kier molecular flexibility index (Phi) is 4.86. The SMILES string of the molecule is CCP(=O)(O)c1cc(Oc2ccc(Cl)cc2)ccc1[N+](=O)[O-]. The molecule has 0 aromatic heterocycles. The van der Waals surface area contributed by atoms with Crippen LogP contribution >= 0.6 is 19.0 Å². The van der Waals surface area contributed by atoms with Crippen LogP contribution in [0.2, 0.25) is 5.02 Å². The molecule has 0 radical (unpaired) electrons. The van der Waals surface area contributed by atoms with Crippen molar-refractivity contribution in [3.63, 3.8) is 0 Å². The molecule has 116 valence electrons. The molecule has 1 N–H and O–H groups in total. The van der Waals surface area contributed by atoms with E-state index in [4.69, 9.17) is 16.3 Å². The number of nitrogens with zero attached hydrogens (tertiary/aromatic N) is 1. The number of hydrogen-bond acceptors (Lipinski definition) is 4. The van der Waals surface area contributed by atoms with Gasteiger partial charge in [-0.05, 0) is 30.3 Å². The van der Waals surface area contributed by atoms with Crippen LogP contribution in [0.3, 0.4) is 0 Å². The summed E-state index contributed by atoms with van der Waals surface area (Å²) in [5.74, 6) is 0.708. The number of hydrogen-bond donors (Lipinski definition) is 1. The molecule has 0 heterocycles. The number of halogens is 1. The molecule has 22 heavy (non-hydrogen) atoms. The van der Waals surface area contributed by atoms with Crippen molar-refractivity contribution < 1.29 is 19.1 Å². The monoisotopic (exact) mass is 341 g/mol. The summed E-state index contributed by atoms with van der Waals surface area (Å²) in [5, 5.41) is 11.3. The van der Waals surface area contributed by atoms with E-state index in [0.717, 1.165) is 0 Å². The van der Waals surface area contributed by atoms with Gasteiger partial charge in [0.25, 0.3) is 5.69 Å². The predicted molar refractivity (Wildman–Crippen MR) is 84.6 cm³/mol. The molecule has 0 bridgehead atoms. The highest BCUT2D eigenvalue weighted by Crippen LogP contribution is 2.43. The molecule has 0 fully saturated rings. The molecule has 1 unspecified atom stereocenters. The van der Waals surface area contributed by atoms with Crippen molar-refractivity contribution in [1.82, 2.24) is 0 Å². The summed E-state index contributed by atoms with van der Waals surface area (Å²) >= 11 is 5.77. The summed E-state index contributed by atoms with van der Waals surface area (Å²) in [6.07, 6.45) is -0.0990. The molecule has 0 saturated heterocycles. The van der Waals surface area contributed by atoms with Gasteiger partial charge in [0.1, 0.15) is 16.8 Å². The first kappa shape index (κ1) is 16.5. The van der Waals surface area contributed by atoms with Gasteiger partial charge in [-0.25, -0.2) is 0 Å². The van der Waals surface area contributed by atoms with Crippen LogP contribution in [0.4, 0.5) is 5.69 Å². The second kappa shape index (κ2) is 6.48. The molecule has 0 spiro atoms. The van der Waals surface area contributed by atoms with Gasteiger partial charge in [0, 0.05) is 23.3 Å². The minimum absolute atomic E-state index is 0.0990. The van der Waals surface area contributed by atoms with Crippen LogP contribution in [0.1, 0.15) is 6.92 Å². The maximum absolute atomic E-state index is 12.1. The van der Waals surface area contributed by atoms with Gasteiger partial charge in [-0.3, -0.25) is 14.7 Å². The van der Waals surface area contributed by atoms with Crippen molar-refractivity contribution in [2.75, 3.05) is 6.16 Å². The summed E-state index contributed by atoms with van der Waals surface area (Å²) in [5.41, 5.74) is -0.392. The molecule has 0 saturated carbocycles. The van der Waals surface area contributed by atoms with Crippen LogP contribution in [-0.2, 0) is 4.57 Å². The second-order valence-electron chi connectivity index (χ2n) is 4.48. The Morgan fingerprint density at radius 3 is 2.36 bits per heavy atom. The third-order valence-electron chi connectivity index (χ3n) is 3.00. The van der Waals surface area contributed by atoms with E-state index in [2.05, 4.69) is 0 Å². The van der Waals surface area contributed by atoms with E-state index < -0.39 is 18.0 Å². The van der Waals surface area contributed by atoms with Crippen LogP contribution in [0.25, 0.3) is 0 Å². The van der Waals surface area contributed by atoms with E-state index in [1.165, 1.54) is 25.1 Å². The Bertz CT molecular complexity index is 747. The lowest BCUT2D eigenvalue weighted by molar-refractivity contribution is -0.383. The number of benzene rings is 2. The Morgan fingerprint density at radius 1 is 1.23 bits per heavy atom. The van der Waals surface area contributed by atoms with E-state index in [0.29, 0.717) is 10.8 Å². The van der Waals surface area contributed by atoms with Crippen LogP contribution < -0.4 is 10.0 Å². The summed E-state index contributed by atoms with van der Waals surface area (Å²) in [6, 6.07) is 10.3. The first-order valence-electron chi connectivity index (χ1n) is 6.37. The largest absolute Gasteiger partial charge is 0.457 e. The number of nitro benzene ring substituents is 1. The second-order valence-corrected chi connectivity index (χ2v) is 7.44. The quantitative estimate of drug-likeness (QED) is 0.505. The van der Waals surface area contributed by atoms with Gasteiger partial charge in [-0.1, -0.05) is 18.5 Å².